The van der Waals surface area contributed by atoms with Crippen molar-refractivity contribution in [1.82, 2.24) is 10.2 Å². The average molecular weight is 463 g/mol. The number of ether oxygens (including phenoxy) is 2. The first-order valence-electron chi connectivity index (χ1n) is 11.4. The number of para-hydroxylation sites is 1. The predicted molar refractivity (Wildman–Crippen MR) is 129 cm³/mol. The van der Waals surface area contributed by atoms with Crippen LogP contribution in [0, 0.1) is 5.82 Å². The van der Waals surface area contributed by atoms with Gasteiger partial charge in [-0.15, -0.1) is 0 Å². The van der Waals surface area contributed by atoms with E-state index in [0.29, 0.717) is 6.54 Å². The van der Waals surface area contributed by atoms with Gasteiger partial charge in [0.25, 0.3) is 0 Å². The normalized spacial score (nSPS) is 16.2. The number of carbonyl (C=O) groups excluding carboxylic acids is 1. The van der Waals surface area contributed by atoms with Crippen LogP contribution in [0.25, 0.3) is 0 Å². The summed E-state index contributed by atoms with van der Waals surface area (Å²) in [4.78, 5) is 17.2. The van der Waals surface area contributed by atoms with Gasteiger partial charge in [0.05, 0.1) is 6.04 Å². The zero-order chi connectivity index (χ0) is 23.3. The Balaban J connectivity index is 1.28. The summed E-state index contributed by atoms with van der Waals surface area (Å²) in [5.41, 5.74) is 2.81. The van der Waals surface area contributed by atoms with Crippen molar-refractivity contribution >= 4 is 17.4 Å². The van der Waals surface area contributed by atoms with Crippen molar-refractivity contribution in [2.45, 2.75) is 6.04 Å². The van der Waals surface area contributed by atoms with E-state index in [-0.39, 0.29) is 24.7 Å². The molecule has 5 rings (SSSR count). The first-order chi connectivity index (χ1) is 16.7. The number of amides is 2. The SMILES string of the molecule is O=C(NC[C@H](c1ccc2c(c1)OCO2)N1CCN(c2ccc(F)cc2)CC1)Nc1ccccc1. The van der Waals surface area contributed by atoms with Crippen LogP contribution in [0.15, 0.2) is 72.8 Å². The monoisotopic (exact) mass is 462 g/mol. The second kappa shape index (κ2) is 10.0. The lowest BCUT2D eigenvalue weighted by Crippen LogP contribution is -2.50. The first kappa shape index (κ1) is 22.0. The second-order valence-corrected chi connectivity index (χ2v) is 8.33. The van der Waals surface area contributed by atoms with Crippen molar-refractivity contribution in [3.05, 3.63) is 84.2 Å². The molecule has 1 atom stereocenters. The van der Waals surface area contributed by atoms with Crippen molar-refractivity contribution in [3.8, 4) is 11.5 Å². The van der Waals surface area contributed by atoms with E-state index in [1.54, 1.807) is 0 Å². The van der Waals surface area contributed by atoms with Crippen LogP contribution >= 0.6 is 0 Å². The van der Waals surface area contributed by atoms with Gasteiger partial charge in [0.15, 0.2) is 11.5 Å². The number of hydrogen-bond donors (Lipinski definition) is 2. The van der Waals surface area contributed by atoms with Crippen LogP contribution in [-0.4, -0.2) is 50.4 Å². The Morgan fingerprint density at radius 2 is 1.65 bits per heavy atom. The third-order valence-electron chi connectivity index (χ3n) is 6.22. The molecule has 0 aromatic heterocycles. The number of rotatable bonds is 6. The molecule has 2 aliphatic rings. The summed E-state index contributed by atoms with van der Waals surface area (Å²) < 4.78 is 24.4. The highest BCUT2D eigenvalue weighted by atomic mass is 19.1. The number of anilines is 2. The minimum atomic E-state index is -0.248. The molecule has 0 aliphatic carbocycles. The molecule has 1 fully saturated rings. The molecule has 7 nitrogen and oxygen atoms in total. The fraction of sp³-hybridized carbons (Fsp3) is 0.269. The van der Waals surface area contributed by atoms with Crippen LogP contribution in [0.4, 0.5) is 20.6 Å². The lowest BCUT2D eigenvalue weighted by Gasteiger charge is -2.40. The minimum Gasteiger partial charge on any atom is -0.454 e. The van der Waals surface area contributed by atoms with E-state index >= 15 is 0 Å². The van der Waals surface area contributed by atoms with Crippen LogP contribution in [0.2, 0.25) is 0 Å². The number of nitrogens with zero attached hydrogens (tertiary/aromatic N) is 2. The maximum atomic E-state index is 13.3. The van der Waals surface area contributed by atoms with Crippen molar-refractivity contribution < 1.29 is 18.7 Å². The highest BCUT2D eigenvalue weighted by molar-refractivity contribution is 5.89. The molecule has 2 amide bonds. The third-order valence-corrected chi connectivity index (χ3v) is 6.22. The highest BCUT2D eigenvalue weighted by Crippen LogP contribution is 2.35. The van der Waals surface area contributed by atoms with E-state index in [2.05, 4.69) is 20.4 Å². The van der Waals surface area contributed by atoms with Crippen molar-refractivity contribution in [2.75, 3.05) is 49.7 Å². The fourth-order valence-electron chi connectivity index (χ4n) is 4.41. The Morgan fingerprint density at radius 1 is 0.912 bits per heavy atom. The maximum absolute atomic E-state index is 13.3. The molecule has 0 saturated carbocycles. The molecule has 2 N–H and O–H groups in total. The standard InChI is InChI=1S/C26H27FN4O3/c27-20-7-9-22(10-8-20)30-12-14-31(15-13-30)23(19-6-11-24-25(16-19)34-18-33-24)17-28-26(32)29-21-4-2-1-3-5-21/h1-11,16,23H,12-15,17-18H2,(H2,28,29,32)/t23-/m1/s1. The Labute approximate surface area is 198 Å². The predicted octanol–water partition coefficient (Wildman–Crippen LogP) is 4.24. The molecule has 2 aliphatic heterocycles. The summed E-state index contributed by atoms with van der Waals surface area (Å²) in [6.07, 6.45) is 0. The summed E-state index contributed by atoms with van der Waals surface area (Å²) in [7, 11) is 0. The van der Waals surface area contributed by atoms with Gasteiger partial charge in [-0.2, -0.15) is 0 Å². The van der Waals surface area contributed by atoms with Crippen LogP contribution in [0.1, 0.15) is 11.6 Å². The first-order valence-corrected chi connectivity index (χ1v) is 11.4. The molecule has 1 saturated heterocycles. The Kier molecular flexibility index (Phi) is 6.49. The molecule has 0 radical (unpaired) electrons. The van der Waals surface area contributed by atoms with E-state index in [9.17, 15) is 9.18 Å². The van der Waals surface area contributed by atoms with Crippen LogP contribution in [-0.2, 0) is 0 Å². The molecular formula is C26H27FN4O3. The molecule has 3 aromatic rings. The lowest BCUT2D eigenvalue weighted by atomic mass is 10.0. The number of halogens is 1. The van der Waals surface area contributed by atoms with Gasteiger partial charge >= 0.3 is 6.03 Å². The molecule has 0 spiro atoms. The van der Waals surface area contributed by atoms with Crippen molar-refractivity contribution in [3.63, 3.8) is 0 Å². The van der Waals surface area contributed by atoms with Gasteiger partial charge in [-0.3, -0.25) is 4.90 Å². The molecule has 176 valence electrons. The van der Waals surface area contributed by atoms with Crippen LogP contribution in [0.5, 0.6) is 11.5 Å². The van der Waals surface area contributed by atoms with E-state index < -0.39 is 0 Å². The van der Waals surface area contributed by atoms with E-state index in [0.717, 1.165) is 54.6 Å². The number of urea groups is 1. The van der Waals surface area contributed by atoms with E-state index in [4.69, 9.17) is 9.47 Å². The van der Waals surface area contributed by atoms with Gasteiger partial charge in [0, 0.05) is 44.1 Å². The number of carbonyl (C=O) groups is 1. The molecule has 3 aromatic carbocycles. The van der Waals surface area contributed by atoms with Gasteiger partial charge in [-0.25, -0.2) is 9.18 Å². The summed E-state index contributed by atoms with van der Waals surface area (Å²) in [5.74, 6) is 1.23. The molecule has 8 heteroatoms. The van der Waals surface area contributed by atoms with Gasteiger partial charge in [-0.05, 0) is 54.1 Å². The number of benzene rings is 3. The van der Waals surface area contributed by atoms with Gasteiger partial charge in [-0.1, -0.05) is 24.3 Å². The second-order valence-electron chi connectivity index (χ2n) is 8.33. The molecule has 0 unspecified atom stereocenters. The van der Waals surface area contributed by atoms with Crippen LogP contribution in [0.3, 0.4) is 0 Å². The Bertz CT molecular complexity index is 1120. The zero-order valence-corrected chi connectivity index (χ0v) is 18.7. The van der Waals surface area contributed by atoms with Gasteiger partial charge in [0.1, 0.15) is 5.82 Å². The number of piperazine rings is 1. The quantitative estimate of drug-likeness (QED) is 0.574. The fourth-order valence-corrected chi connectivity index (χ4v) is 4.41. The molecule has 0 bridgehead atoms. The van der Waals surface area contributed by atoms with Crippen molar-refractivity contribution in [1.29, 1.82) is 0 Å². The van der Waals surface area contributed by atoms with Gasteiger partial charge < -0.3 is 25.0 Å². The number of hydrogen-bond acceptors (Lipinski definition) is 5. The van der Waals surface area contributed by atoms with Gasteiger partial charge in [0.2, 0.25) is 6.79 Å². The summed E-state index contributed by atoms with van der Waals surface area (Å²) in [5, 5.41) is 5.90. The zero-order valence-electron chi connectivity index (χ0n) is 18.7. The molecule has 2 heterocycles. The number of fused-ring (bicyclic) bond motifs is 1. The highest BCUT2D eigenvalue weighted by Gasteiger charge is 2.27. The summed E-state index contributed by atoms with van der Waals surface area (Å²) in [6.45, 7) is 3.88. The minimum absolute atomic E-state index is 0.0357. The smallest absolute Gasteiger partial charge is 0.319 e. The number of nitrogens with one attached hydrogen (secondary N) is 2. The molecule has 34 heavy (non-hydrogen) atoms. The van der Waals surface area contributed by atoms with Crippen molar-refractivity contribution in [2.24, 2.45) is 0 Å². The largest absolute Gasteiger partial charge is 0.454 e. The van der Waals surface area contributed by atoms with Crippen LogP contribution < -0.4 is 25.0 Å². The Hall–Kier alpha value is -3.78. The average Bonchev–Trinajstić information content (AvgIpc) is 3.34. The van der Waals surface area contributed by atoms with E-state index in [1.165, 1.54) is 12.1 Å². The molecular weight excluding hydrogens is 435 g/mol. The summed E-state index contributed by atoms with van der Waals surface area (Å²) >= 11 is 0. The lowest BCUT2D eigenvalue weighted by molar-refractivity contribution is 0.173. The van der Waals surface area contributed by atoms with E-state index in [1.807, 2.05) is 60.7 Å². The summed E-state index contributed by atoms with van der Waals surface area (Å²) in [6, 6.07) is 21.6. The topological polar surface area (TPSA) is 66.1 Å². The third kappa shape index (κ3) is 5.07. The maximum Gasteiger partial charge on any atom is 0.319 e. The Morgan fingerprint density at radius 3 is 2.41 bits per heavy atom.